The molecule has 192 valence electrons. The third kappa shape index (κ3) is 5.38. The van der Waals surface area contributed by atoms with Gasteiger partial charge in [-0.2, -0.15) is 0 Å². The number of nitrogens with one attached hydrogen (secondary N) is 1. The molecule has 1 aliphatic heterocycles. The van der Waals surface area contributed by atoms with Crippen molar-refractivity contribution in [2.45, 2.75) is 69.8 Å². The smallest absolute Gasteiger partial charge is 0.316 e. The van der Waals surface area contributed by atoms with Crippen molar-refractivity contribution >= 4 is 17.7 Å². The number of carbonyl (C=O) groups excluding carboxylic acids is 3. The Hall–Kier alpha value is -3.67. The molecule has 0 amide bonds. The quantitative estimate of drug-likeness (QED) is 0.420. The number of esters is 2. The molecular weight excluding hydrogens is 466 g/mol. The van der Waals surface area contributed by atoms with E-state index in [0.717, 1.165) is 48.9 Å². The van der Waals surface area contributed by atoms with E-state index < -0.39 is 17.8 Å². The molecule has 1 heterocycles. The molecule has 3 unspecified atom stereocenters. The summed E-state index contributed by atoms with van der Waals surface area (Å²) in [5.41, 5.74) is 3.92. The van der Waals surface area contributed by atoms with Gasteiger partial charge in [0.15, 0.2) is 5.78 Å². The summed E-state index contributed by atoms with van der Waals surface area (Å²) in [4.78, 5) is 38.7. The molecule has 0 radical (unpaired) electrons. The van der Waals surface area contributed by atoms with Crippen LogP contribution in [-0.4, -0.2) is 23.8 Å². The van der Waals surface area contributed by atoms with Crippen LogP contribution in [0.25, 0.3) is 0 Å². The number of benzene rings is 2. The van der Waals surface area contributed by atoms with E-state index in [9.17, 15) is 14.4 Å². The van der Waals surface area contributed by atoms with Crippen LogP contribution in [0.5, 0.6) is 5.75 Å². The summed E-state index contributed by atoms with van der Waals surface area (Å²) in [6, 6.07) is 17.1. The van der Waals surface area contributed by atoms with Crippen LogP contribution in [0.3, 0.4) is 0 Å². The summed E-state index contributed by atoms with van der Waals surface area (Å²) in [5.74, 6) is -1.49. The Kier molecular flexibility index (Phi) is 7.26. The number of hydrogen-bond acceptors (Lipinski definition) is 6. The lowest BCUT2D eigenvalue weighted by Gasteiger charge is -2.40. The highest BCUT2D eigenvalue weighted by Crippen LogP contribution is 2.47. The van der Waals surface area contributed by atoms with Gasteiger partial charge in [-0.05, 0) is 61.3 Å². The summed E-state index contributed by atoms with van der Waals surface area (Å²) >= 11 is 0. The third-order valence-corrected chi connectivity index (χ3v) is 7.70. The predicted molar refractivity (Wildman–Crippen MR) is 140 cm³/mol. The molecule has 3 atom stereocenters. The first-order valence-corrected chi connectivity index (χ1v) is 13.2. The molecule has 6 nitrogen and oxygen atoms in total. The van der Waals surface area contributed by atoms with Gasteiger partial charge in [0.2, 0.25) is 0 Å². The minimum atomic E-state index is -0.725. The fourth-order valence-corrected chi connectivity index (χ4v) is 5.98. The lowest BCUT2D eigenvalue weighted by atomic mass is 9.69. The fraction of sp³-hybridized carbons (Fsp3) is 0.387. The molecule has 2 aromatic rings. The monoisotopic (exact) mass is 499 g/mol. The molecular formula is C31H33NO5. The Labute approximate surface area is 217 Å². The van der Waals surface area contributed by atoms with Crippen LogP contribution < -0.4 is 10.1 Å². The second-order valence-corrected chi connectivity index (χ2v) is 10.3. The fourth-order valence-electron chi connectivity index (χ4n) is 5.98. The van der Waals surface area contributed by atoms with E-state index >= 15 is 0 Å². The Bertz CT molecular complexity index is 1220. The van der Waals surface area contributed by atoms with Crippen LogP contribution in [0, 0.1) is 5.92 Å². The molecule has 6 heteroatoms. The lowest BCUT2D eigenvalue weighted by Crippen LogP contribution is -2.43. The second-order valence-electron chi connectivity index (χ2n) is 10.3. The first-order chi connectivity index (χ1) is 17.9. The molecule has 0 saturated heterocycles. The molecule has 1 saturated carbocycles. The van der Waals surface area contributed by atoms with Crippen LogP contribution in [0.1, 0.15) is 74.8 Å². The number of Topliss-reactive ketones (excluding diaryl/α,β-unsaturated/α-hetero) is 1. The zero-order chi connectivity index (χ0) is 25.9. The van der Waals surface area contributed by atoms with Crippen molar-refractivity contribution in [2.24, 2.45) is 5.92 Å². The minimum Gasteiger partial charge on any atom is -0.462 e. The molecule has 3 aliphatic rings. The van der Waals surface area contributed by atoms with Gasteiger partial charge in [0.1, 0.15) is 17.8 Å². The van der Waals surface area contributed by atoms with Crippen LogP contribution in [0.15, 0.2) is 78.1 Å². The van der Waals surface area contributed by atoms with Gasteiger partial charge in [-0.25, -0.2) is 0 Å². The summed E-state index contributed by atoms with van der Waals surface area (Å²) in [7, 11) is 0. The van der Waals surface area contributed by atoms with Crippen LogP contribution >= 0.6 is 0 Å². The number of hydrogen-bond donors (Lipinski definition) is 1. The van der Waals surface area contributed by atoms with Gasteiger partial charge in [-0.3, -0.25) is 14.4 Å². The first kappa shape index (κ1) is 25.0. The average Bonchev–Trinajstić information content (AvgIpc) is 2.89. The highest BCUT2D eigenvalue weighted by Gasteiger charge is 2.46. The highest BCUT2D eigenvalue weighted by atomic mass is 16.5. The van der Waals surface area contributed by atoms with E-state index in [2.05, 4.69) is 24.0 Å². The van der Waals surface area contributed by atoms with Crippen LogP contribution in [0.2, 0.25) is 0 Å². The maximum atomic E-state index is 13.7. The van der Waals surface area contributed by atoms with E-state index in [1.807, 2.05) is 30.3 Å². The summed E-state index contributed by atoms with van der Waals surface area (Å²) in [6.45, 7) is 5.58. The number of ketones is 1. The Balaban J connectivity index is 1.51. The Morgan fingerprint density at radius 3 is 2.30 bits per heavy atom. The van der Waals surface area contributed by atoms with Gasteiger partial charge in [-0.15, -0.1) is 0 Å². The molecule has 2 aliphatic carbocycles. The summed E-state index contributed by atoms with van der Waals surface area (Å²) in [6.07, 6.45) is 5.95. The van der Waals surface area contributed by atoms with E-state index in [0.29, 0.717) is 29.9 Å². The van der Waals surface area contributed by atoms with Crippen molar-refractivity contribution in [3.63, 3.8) is 0 Å². The van der Waals surface area contributed by atoms with E-state index in [1.54, 1.807) is 12.1 Å². The molecule has 1 fully saturated rings. The molecule has 37 heavy (non-hydrogen) atoms. The molecule has 1 N–H and O–H groups in total. The van der Waals surface area contributed by atoms with Crippen molar-refractivity contribution in [1.82, 2.24) is 5.32 Å². The highest BCUT2D eigenvalue weighted by molar-refractivity contribution is 6.01. The van der Waals surface area contributed by atoms with E-state index in [1.165, 1.54) is 6.92 Å². The van der Waals surface area contributed by atoms with Crippen molar-refractivity contribution in [3.8, 4) is 5.75 Å². The Morgan fingerprint density at radius 2 is 1.62 bits per heavy atom. The topological polar surface area (TPSA) is 81.7 Å². The van der Waals surface area contributed by atoms with Crippen molar-refractivity contribution in [1.29, 1.82) is 0 Å². The van der Waals surface area contributed by atoms with Gasteiger partial charge in [0.05, 0.1) is 0 Å². The van der Waals surface area contributed by atoms with E-state index in [-0.39, 0.29) is 23.8 Å². The lowest BCUT2D eigenvalue weighted by molar-refractivity contribution is -0.155. The second kappa shape index (κ2) is 10.8. The SMILES string of the molecule is C=C1NC2=C(C(=O)CC(c3ccccc3)C2)C(c2ccc(OC(C)=O)cc2)C1C(=O)OC1CCCCC1. The summed E-state index contributed by atoms with van der Waals surface area (Å²) < 4.78 is 11.2. The van der Waals surface area contributed by atoms with E-state index in [4.69, 9.17) is 9.47 Å². The minimum absolute atomic E-state index is 0.0274. The molecule has 0 aromatic heterocycles. The standard InChI is InChI=1S/C31H33NO5/c1-19-28(31(35)37-24-11-7-4-8-12-24)29(22-13-15-25(16-14-22)36-20(2)33)30-26(32-19)17-23(18-27(30)34)21-9-5-3-6-10-21/h3,5-6,9-10,13-16,23-24,28-29,32H,1,4,7-8,11-12,17-18H2,2H3. The van der Waals surface area contributed by atoms with Gasteiger partial charge < -0.3 is 14.8 Å². The molecule has 0 spiro atoms. The maximum Gasteiger partial charge on any atom is 0.316 e. The molecule has 5 rings (SSSR count). The maximum absolute atomic E-state index is 13.7. The summed E-state index contributed by atoms with van der Waals surface area (Å²) in [5, 5.41) is 3.35. The average molecular weight is 500 g/mol. The molecule has 2 aromatic carbocycles. The number of carbonyl (C=O) groups is 3. The van der Waals surface area contributed by atoms with Gasteiger partial charge >= 0.3 is 11.9 Å². The normalized spacial score (nSPS) is 24.2. The van der Waals surface area contributed by atoms with Gasteiger partial charge in [0, 0.05) is 36.2 Å². The Morgan fingerprint density at radius 1 is 0.919 bits per heavy atom. The molecule has 0 bridgehead atoms. The zero-order valence-corrected chi connectivity index (χ0v) is 21.2. The van der Waals surface area contributed by atoms with Crippen LogP contribution in [-0.2, 0) is 19.1 Å². The largest absolute Gasteiger partial charge is 0.462 e. The number of allylic oxidation sites excluding steroid dienone is 2. The van der Waals surface area contributed by atoms with Crippen molar-refractivity contribution in [3.05, 3.63) is 89.3 Å². The van der Waals surface area contributed by atoms with Gasteiger partial charge in [0.25, 0.3) is 0 Å². The number of rotatable bonds is 5. The zero-order valence-electron chi connectivity index (χ0n) is 21.2. The third-order valence-electron chi connectivity index (χ3n) is 7.70. The van der Waals surface area contributed by atoms with Gasteiger partial charge in [-0.1, -0.05) is 55.5 Å². The van der Waals surface area contributed by atoms with Crippen LogP contribution in [0.4, 0.5) is 0 Å². The van der Waals surface area contributed by atoms with Crippen molar-refractivity contribution < 1.29 is 23.9 Å². The predicted octanol–water partition coefficient (Wildman–Crippen LogP) is 5.71. The van der Waals surface area contributed by atoms with Crippen molar-refractivity contribution in [2.75, 3.05) is 0 Å². The first-order valence-electron chi connectivity index (χ1n) is 13.2. The number of ether oxygens (including phenoxy) is 2.